The molecule has 0 bridgehead atoms. The molecule has 1 N–H and O–H groups in total. The molecule has 1 rings (SSSR count). The van der Waals surface area contributed by atoms with Gasteiger partial charge in [-0.2, -0.15) is 4.79 Å². The first-order valence-corrected chi connectivity index (χ1v) is 3.30. The zero-order valence-electron chi connectivity index (χ0n) is 4.20. The lowest BCUT2D eigenvalue weighted by Crippen LogP contribution is -2.16. The van der Waals surface area contributed by atoms with Gasteiger partial charge in [-0.1, -0.05) is 11.8 Å². The number of thioether (sulfide) groups is 1. The summed E-state index contributed by atoms with van der Waals surface area (Å²) in [6, 6.07) is 0. The summed E-state index contributed by atoms with van der Waals surface area (Å²) >= 11 is 1.53. The van der Waals surface area contributed by atoms with Crippen LogP contribution in [0, 0.1) is 0 Å². The summed E-state index contributed by atoms with van der Waals surface area (Å²) in [5.41, 5.74) is 1.63. The number of hydrogen-bond donors (Lipinski definition) is 1. The van der Waals surface area contributed by atoms with Crippen LogP contribution < -0.4 is 0 Å². The number of hydrogen-bond acceptors (Lipinski definition) is 2. The zero-order chi connectivity index (χ0) is 5.98. The van der Waals surface area contributed by atoms with Crippen molar-refractivity contribution in [2.45, 2.75) is 0 Å². The topological polar surface area (TPSA) is 40.3 Å². The zero-order valence-corrected chi connectivity index (χ0v) is 5.02. The van der Waals surface area contributed by atoms with Gasteiger partial charge in [0.15, 0.2) is 6.54 Å². The lowest BCUT2D eigenvalue weighted by atomic mass is 10.7. The van der Waals surface area contributed by atoms with Crippen LogP contribution in [0.2, 0.25) is 0 Å². The molecule has 0 spiro atoms. The molecule has 0 aliphatic carbocycles. The number of carboxylic acid groups (broad SMARTS) is 1. The van der Waals surface area contributed by atoms with Gasteiger partial charge in [0.1, 0.15) is 0 Å². The molecule has 1 heterocycles. The number of amides is 1. The fraction of sp³-hybridized carbons (Fsp3) is 0.500. The Morgan fingerprint density at radius 1 is 1.88 bits per heavy atom. The molecule has 0 atom stereocenters. The summed E-state index contributed by atoms with van der Waals surface area (Å²) in [6.07, 6.45) is -0.852. The molecule has 0 unspecified atom stereocenters. The van der Waals surface area contributed by atoms with Crippen molar-refractivity contribution in [2.24, 2.45) is 0 Å². The minimum absolute atomic E-state index is 0.639. The molecule has 0 aromatic rings. The first kappa shape index (κ1) is 5.62. The summed E-state index contributed by atoms with van der Waals surface area (Å²) in [6.45, 7) is 0.639. The Morgan fingerprint density at radius 2 is 2.62 bits per heavy atom. The quantitative estimate of drug-likeness (QED) is 0.486. The van der Waals surface area contributed by atoms with E-state index in [-0.39, 0.29) is 0 Å². The lowest BCUT2D eigenvalue weighted by Gasteiger charge is -1.80. The Morgan fingerprint density at radius 3 is 2.88 bits per heavy atom. The van der Waals surface area contributed by atoms with E-state index >= 15 is 0 Å². The van der Waals surface area contributed by atoms with Gasteiger partial charge in [0.2, 0.25) is 5.55 Å². The maximum absolute atomic E-state index is 10.1. The van der Waals surface area contributed by atoms with E-state index in [0.717, 1.165) is 5.75 Å². The first-order chi connectivity index (χ1) is 3.80. The Kier molecular flexibility index (Phi) is 1.53. The van der Waals surface area contributed by atoms with Crippen LogP contribution in [-0.4, -0.2) is 33.6 Å². The lowest BCUT2D eigenvalue weighted by molar-refractivity contribution is -0.428. The monoisotopic (exact) mass is 132 g/mol. The van der Waals surface area contributed by atoms with Crippen LogP contribution in [0.3, 0.4) is 0 Å². The van der Waals surface area contributed by atoms with Gasteiger partial charge in [-0.15, -0.1) is 4.58 Å². The molecular weight excluding hydrogens is 126 g/mol. The largest absolute Gasteiger partial charge is 0.594 e. The maximum Gasteiger partial charge on any atom is 0.594 e. The molecule has 0 aromatic heterocycles. The standard InChI is InChI=1S/C4H5NO2S/c6-4(7)5-1-2-8-3-5/h3H,1-2H2/p+1. The van der Waals surface area contributed by atoms with Gasteiger partial charge in [-0.25, -0.2) is 0 Å². The van der Waals surface area contributed by atoms with Crippen molar-refractivity contribution in [2.75, 3.05) is 12.3 Å². The van der Waals surface area contributed by atoms with E-state index in [0.29, 0.717) is 6.54 Å². The van der Waals surface area contributed by atoms with E-state index < -0.39 is 6.09 Å². The summed E-state index contributed by atoms with van der Waals surface area (Å²) in [5.74, 6) is 0.895. The Hall–Kier alpha value is -0.510. The second kappa shape index (κ2) is 2.17. The molecule has 1 aliphatic heterocycles. The normalized spacial score (nSPS) is 18.2. The smallest absolute Gasteiger partial charge is 0.427 e. The van der Waals surface area contributed by atoms with Crippen molar-refractivity contribution < 1.29 is 14.5 Å². The summed E-state index contributed by atoms with van der Waals surface area (Å²) in [7, 11) is 0. The molecule has 44 valence electrons. The van der Waals surface area contributed by atoms with Crippen molar-refractivity contribution >= 4 is 23.4 Å². The minimum atomic E-state index is -0.852. The molecule has 3 nitrogen and oxygen atoms in total. The average molecular weight is 132 g/mol. The van der Waals surface area contributed by atoms with Gasteiger partial charge in [-0.3, -0.25) is 0 Å². The van der Waals surface area contributed by atoms with Gasteiger partial charge in [0, 0.05) is 0 Å². The van der Waals surface area contributed by atoms with Gasteiger partial charge in [0.25, 0.3) is 0 Å². The maximum atomic E-state index is 10.1. The van der Waals surface area contributed by atoms with Gasteiger partial charge < -0.3 is 5.11 Å². The minimum Gasteiger partial charge on any atom is -0.427 e. The molecule has 4 heteroatoms. The van der Waals surface area contributed by atoms with Gasteiger partial charge in [-0.05, 0) is 0 Å². The summed E-state index contributed by atoms with van der Waals surface area (Å²) < 4.78 is 1.28. The fourth-order valence-electron chi connectivity index (χ4n) is 0.487. The number of rotatable bonds is 0. The van der Waals surface area contributed by atoms with Crippen LogP contribution in [0.4, 0.5) is 4.79 Å². The number of nitrogens with zero attached hydrogens (tertiary/aromatic N) is 1. The second-order valence-electron chi connectivity index (χ2n) is 1.45. The van der Waals surface area contributed by atoms with E-state index in [1.807, 2.05) is 0 Å². The number of carbonyl (C=O) groups is 1. The van der Waals surface area contributed by atoms with E-state index in [1.165, 1.54) is 16.3 Å². The highest BCUT2D eigenvalue weighted by atomic mass is 32.2. The van der Waals surface area contributed by atoms with Gasteiger partial charge >= 0.3 is 6.09 Å². The molecule has 0 aromatic carbocycles. The molecule has 0 saturated heterocycles. The molecular formula is C4H6NO2S+. The van der Waals surface area contributed by atoms with Gasteiger partial charge in [0.05, 0.1) is 5.75 Å². The van der Waals surface area contributed by atoms with Crippen molar-refractivity contribution in [1.29, 1.82) is 0 Å². The second-order valence-corrected chi connectivity index (χ2v) is 2.40. The molecule has 0 saturated carbocycles. The molecule has 1 amide bonds. The third-order valence-electron chi connectivity index (χ3n) is 0.898. The highest BCUT2D eigenvalue weighted by Crippen LogP contribution is 2.01. The van der Waals surface area contributed by atoms with E-state index in [4.69, 9.17) is 5.11 Å². The summed E-state index contributed by atoms with van der Waals surface area (Å²) in [4.78, 5) is 10.1. The van der Waals surface area contributed by atoms with Crippen LogP contribution in [0.25, 0.3) is 0 Å². The predicted octanol–water partition coefficient (Wildman–Crippen LogP) is 0.452. The Bertz CT molecular complexity index is 143. The Balaban J connectivity index is 2.57. The van der Waals surface area contributed by atoms with Crippen LogP contribution in [0.1, 0.15) is 0 Å². The van der Waals surface area contributed by atoms with Crippen LogP contribution in [-0.2, 0) is 0 Å². The first-order valence-electron chi connectivity index (χ1n) is 2.25. The predicted molar refractivity (Wildman–Crippen MR) is 31.7 cm³/mol. The Labute approximate surface area is 51.0 Å². The fourth-order valence-corrected chi connectivity index (χ4v) is 1.27. The highest BCUT2D eigenvalue weighted by Gasteiger charge is 2.19. The van der Waals surface area contributed by atoms with Crippen LogP contribution >= 0.6 is 11.8 Å². The van der Waals surface area contributed by atoms with Crippen molar-refractivity contribution in [1.82, 2.24) is 0 Å². The molecule has 1 aliphatic rings. The average Bonchev–Trinajstić information content (AvgIpc) is 2.12. The van der Waals surface area contributed by atoms with Crippen LogP contribution in [0.5, 0.6) is 0 Å². The molecule has 0 fully saturated rings. The van der Waals surface area contributed by atoms with Crippen LogP contribution in [0.15, 0.2) is 0 Å². The SMILES string of the molecule is O=C(O)[N+]1=CSCC1. The van der Waals surface area contributed by atoms with Crippen molar-refractivity contribution in [3.63, 3.8) is 0 Å². The van der Waals surface area contributed by atoms with E-state index in [2.05, 4.69) is 0 Å². The third-order valence-corrected chi connectivity index (χ3v) is 1.72. The van der Waals surface area contributed by atoms with E-state index in [1.54, 1.807) is 5.55 Å². The molecule has 0 radical (unpaired) electrons. The van der Waals surface area contributed by atoms with E-state index in [9.17, 15) is 4.79 Å². The van der Waals surface area contributed by atoms with Crippen molar-refractivity contribution in [3.8, 4) is 0 Å². The molecule has 8 heavy (non-hydrogen) atoms. The summed E-state index contributed by atoms with van der Waals surface area (Å²) in [5, 5.41) is 8.29. The third kappa shape index (κ3) is 1.01. The highest BCUT2D eigenvalue weighted by molar-refractivity contribution is 8.12. The van der Waals surface area contributed by atoms with Crippen molar-refractivity contribution in [3.05, 3.63) is 0 Å².